The van der Waals surface area contributed by atoms with Gasteiger partial charge in [-0.25, -0.2) is 0 Å². The molecule has 0 spiro atoms. The fourth-order valence-corrected chi connectivity index (χ4v) is 0.837. The summed E-state index contributed by atoms with van der Waals surface area (Å²) in [4.78, 5) is 10.5. The topological polar surface area (TPSA) is 127 Å². The van der Waals surface area contributed by atoms with Gasteiger partial charge in [0, 0.05) is 0 Å². The van der Waals surface area contributed by atoms with Crippen molar-refractivity contribution in [2.45, 2.75) is 18.3 Å². The third-order valence-corrected chi connectivity index (χ3v) is 1.86. The molecule has 0 aliphatic heterocycles. The molecule has 0 saturated heterocycles. The van der Waals surface area contributed by atoms with Crippen LogP contribution in [0.3, 0.4) is 0 Å². The van der Waals surface area contributed by atoms with Gasteiger partial charge < -0.3 is 30.3 Å². The van der Waals surface area contributed by atoms with Gasteiger partial charge in [0.2, 0.25) is 0 Å². The number of carbonyl (C=O) groups is 1. The number of ketones is 1. The molecule has 0 saturated carbocycles. The van der Waals surface area contributed by atoms with Crippen LogP contribution in [0, 0.1) is 0 Å². The molecule has 0 bridgehead atoms. The van der Waals surface area contributed by atoms with Gasteiger partial charge in [-0.2, -0.15) is 0 Å². The van der Waals surface area contributed by atoms with Crippen LogP contribution in [0.15, 0.2) is 25.3 Å². The summed E-state index contributed by atoms with van der Waals surface area (Å²) in [5, 5.41) is 43.1. The molecule has 0 aliphatic carbocycles. The van der Waals surface area contributed by atoms with Gasteiger partial charge in [-0.15, -0.1) is 13.2 Å². The third-order valence-electron chi connectivity index (χ3n) is 1.86. The Labute approximate surface area is 112 Å². The van der Waals surface area contributed by atoms with E-state index in [1.807, 2.05) is 0 Å². The highest BCUT2D eigenvalue weighted by Crippen LogP contribution is 2.00. The second-order valence-electron chi connectivity index (χ2n) is 3.42. The zero-order chi connectivity index (χ0) is 15.3. The molecular formula is C12H22O7. The van der Waals surface area contributed by atoms with Crippen molar-refractivity contribution in [3.05, 3.63) is 25.3 Å². The first kappa shape index (κ1) is 20.2. The lowest BCUT2D eigenvalue weighted by molar-refractivity contribution is -0.142. The summed E-state index contributed by atoms with van der Waals surface area (Å²) in [6, 6.07) is 0. The molecular weight excluding hydrogens is 256 g/mol. The van der Waals surface area contributed by atoms with Gasteiger partial charge in [0.05, 0.1) is 19.8 Å². The van der Waals surface area contributed by atoms with E-state index in [9.17, 15) is 4.79 Å². The van der Waals surface area contributed by atoms with Gasteiger partial charge in [0.15, 0.2) is 5.78 Å². The van der Waals surface area contributed by atoms with Crippen molar-refractivity contribution in [1.82, 2.24) is 0 Å². The fourth-order valence-electron chi connectivity index (χ4n) is 0.837. The van der Waals surface area contributed by atoms with Gasteiger partial charge in [-0.3, -0.25) is 4.79 Å². The molecule has 19 heavy (non-hydrogen) atoms. The van der Waals surface area contributed by atoms with Gasteiger partial charge in [-0.1, -0.05) is 12.2 Å². The van der Waals surface area contributed by atoms with E-state index in [4.69, 9.17) is 30.3 Å². The molecule has 0 rings (SSSR count). The minimum absolute atomic E-state index is 0.617. The predicted octanol–water partition coefficient (Wildman–Crippen LogP) is -2.00. The maximum Gasteiger partial charge on any atom is 0.189 e. The fraction of sp³-hybridized carbons (Fsp3) is 0.583. The lowest BCUT2D eigenvalue weighted by Gasteiger charge is -2.19. The molecule has 3 unspecified atom stereocenters. The number of hydrogen-bond donors (Lipinski definition) is 5. The Balaban J connectivity index is 0. The summed E-state index contributed by atoms with van der Waals surface area (Å²) in [6.07, 6.45) is -1.80. The predicted molar refractivity (Wildman–Crippen MR) is 68.4 cm³/mol. The molecule has 0 aromatic heterocycles. The van der Waals surface area contributed by atoms with Crippen LogP contribution < -0.4 is 0 Å². The molecule has 0 fully saturated rings. The Morgan fingerprint density at radius 2 is 1.58 bits per heavy atom. The Morgan fingerprint density at radius 1 is 1.11 bits per heavy atom. The number of rotatable bonds is 9. The van der Waals surface area contributed by atoms with Crippen molar-refractivity contribution in [1.29, 1.82) is 0 Å². The first-order valence-electron chi connectivity index (χ1n) is 5.54. The molecule has 0 aliphatic rings. The molecule has 0 radical (unpaired) electrons. The smallest absolute Gasteiger partial charge is 0.189 e. The number of aliphatic hydroxyl groups excluding tert-OH is 5. The Bertz CT molecular complexity index is 246. The van der Waals surface area contributed by atoms with Crippen LogP contribution >= 0.6 is 0 Å². The average Bonchev–Trinajstić information content (AvgIpc) is 2.45. The zero-order valence-corrected chi connectivity index (χ0v) is 10.7. The van der Waals surface area contributed by atoms with Crippen LogP contribution in [0.5, 0.6) is 0 Å². The van der Waals surface area contributed by atoms with E-state index in [2.05, 4.69) is 13.2 Å². The number of hydrogen-bond acceptors (Lipinski definition) is 7. The van der Waals surface area contributed by atoms with E-state index in [1.165, 1.54) is 0 Å². The lowest BCUT2D eigenvalue weighted by atomic mass is 10.1. The number of ether oxygens (including phenoxy) is 1. The van der Waals surface area contributed by atoms with Crippen molar-refractivity contribution in [3.63, 3.8) is 0 Å². The molecule has 0 aromatic carbocycles. The minimum atomic E-state index is -1.86. The number of Topliss-reactive ketones (excluding diaryl/α,β-unsaturated/α-hetero) is 1. The van der Waals surface area contributed by atoms with Crippen molar-refractivity contribution < 1.29 is 35.1 Å². The highest BCUT2D eigenvalue weighted by atomic mass is 16.5. The molecule has 0 amide bonds. The second-order valence-corrected chi connectivity index (χ2v) is 3.42. The lowest BCUT2D eigenvalue weighted by Crippen LogP contribution is -2.44. The Kier molecular flexibility index (Phi) is 14.2. The van der Waals surface area contributed by atoms with E-state index >= 15 is 0 Å². The number of aliphatic hydroxyl groups is 5. The molecule has 7 nitrogen and oxygen atoms in total. The summed E-state index contributed by atoms with van der Waals surface area (Å²) in [6.45, 7) is 6.49. The van der Waals surface area contributed by atoms with Crippen molar-refractivity contribution in [3.8, 4) is 0 Å². The molecule has 112 valence electrons. The summed E-state index contributed by atoms with van der Waals surface area (Å²) in [5.41, 5.74) is 0. The number of carbonyl (C=O) groups excluding carboxylic acids is 1. The molecule has 5 N–H and O–H groups in total. The summed E-state index contributed by atoms with van der Waals surface area (Å²) in [5.74, 6) is -1.00. The van der Waals surface area contributed by atoms with Crippen molar-refractivity contribution in [2.24, 2.45) is 0 Å². The minimum Gasteiger partial charge on any atom is -0.394 e. The standard InChI is InChI=1S/C6H12O6.C6H10O/c7-1-3(9)5(11)6(12)4(10)2-8;1-3-5-7-6-4-2/h3,5-9,11-12H,1-2H2;3-4H,1-2,5-6H2. The van der Waals surface area contributed by atoms with Gasteiger partial charge in [0.25, 0.3) is 0 Å². The van der Waals surface area contributed by atoms with Gasteiger partial charge >= 0.3 is 0 Å². The first-order valence-corrected chi connectivity index (χ1v) is 5.54. The maximum absolute atomic E-state index is 10.5. The summed E-state index contributed by atoms with van der Waals surface area (Å²) in [7, 11) is 0. The monoisotopic (exact) mass is 278 g/mol. The van der Waals surface area contributed by atoms with Gasteiger partial charge in [0.1, 0.15) is 24.9 Å². The molecule has 3 atom stereocenters. The van der Waals surface area contributed by atoms with Crippen LogP contribution in [0.25, 0.3) is 0 Å². The van der Waals surface area contributed by atoms with Crippen molar-refractivity contribution in [2.75, 3.05) is 26.4 Å². The quantitative estimate of drug-likeness (QED) is 0.244. The van der Waals surface area contributed by atoms with Crippen LogP contribution in [0.2, 0.25) is 0 Å². The van der Waals surface area contributed by atoms with Crippen LogP contribution in [-0.2, 0) is 9.53 Å². The van der Waals surface area contributed by atoms with E-state index < -0.39 is 37.3 Å². The second kappa shape index (κ2) is 13.3. The van der Waals surface area contributed by atoms with E-state index in [0.29, 0.717) is 13.2 Å². The van der Waals surface area contributed by atoms with Crippen LogP contribution in [0.1, 0.15) is 0 Å². The molecule has 0 aromatic rings. The normalized spacial score (nSPS) is 14.6. The highest BCUT2D eigenvalue weighted by Gasteiger charge is 2.28. The third kappa shape index (κ3) is 10.5. The van der Waals surface area contributed by atoms with Crippen LogP contribution in [-0.4, -0.2) is 76.1 Å². The largest absolute Gasteiger partial charge is 0.394 e. The van der Waals surface area contributed by atoms with E-state index in [-0.39, 0.29) is 0 Å². The average molecular weight is 278 g/mol. The SMILES string of the molecule is C=CCOCC=C.O=C(CO)C(O)C(O)C(O)CO. The van der Waals surface area contributed by atoms with Gasteiger partial charge in [-0.05, 0) is 0 Å². The highest BCUT2D eigenvalue weighted by molar-refractivity contribution is 5.84. The summed E-state index contributed by atoms with van der Waals surface area (Å²) < 4.78 is 4.90. The Morgan fingerprint density at radius 3 is 1.89 bits per heavy atom. The summed E-state index contributed by atoms with van der Waals surface area (Å²) >= 11 is 0. The van der Waals surface area contributed by atoms with E-state index in [0.717, 1.165) is 0 Å². The zero-order valence-electron chi connectivity index (χ0n) is 10.7. The molecule has 0 heterocycles. The first-order chi connectivity index (χ1) is 8.95. The van der Waals surface area contributed by atoms with Crippen molar-refractivity contribution >= 4 is 5.78 Å². The molecule has 7 heteroatoms. The Hall–Kier alpha value is -1.09. The maximum atomic E-state index is 10.5. The van der Waals surface area contributed by atoms with Crippen LogP contribution in [0.4, 0.5) is 0 Å². The van der Waals surface area contributed by atoms with E-state index in [1.54, 1.807) is 12.2 Å².